The quantitative estimate of drug-likeness (QED) is 0.255. The number of fused-ring (bicyclic) bond motifs is 1. The lowest BCUT2D eigenvalue weighted by Gasteiger charge is -2.26. The number of pyridine rings is 1. The number of urea groups is 1. The molecule has 0 unspecified atom stereocenters. The van der Waals surface area contributed by atoms with E-state index in [1.807, 2.05) is 12.1 Å². The highest BCUT2D eigenvalue weighted by Gasteiger charge is 2.15. The molecule has 1 aromatic heterocycles. The molecule has 2 heterocycles. The van der Waals surface area contributed by atoms with Crippen LogP contribution in [0.15, 0.2) is 42.6 Å². The van der Waals surface area contributed by atoms with Crippen molar-refractivity contribution >= 4 is 35.0 Å². The van der Waals surface area contributed by atoms with E-state index < -0.39 is 11.8 Å². The number of ether oxygens (including phenoxy) is 4. The molecular formula is C30H40ClFN4O5. The highest BCUT2D eigenvalue weighted by atomic mass is 35.5. The van der Waals surface area contributed by atoms with Gasteiger partial charge in [-0.05, 0) is 42.5 Å². The number of carbonyl (C=O) groups is 1. The Bertz CT molecular complexity index is 1300. The summed E-state index contributed by atoms with van der Waals surface area (Å²) >= 11 is 0. The van der Waals surface area contributed by atoms with Gasteiger partial charge in [0.15, 0.2) is 11.5 Å². The van der Waals surface area contributed by atoms with Gasteiger partial charge in [0, 0.05) is 49.9 Å². The molecule has 1 aliphatic rings. The molecule has 224 valence electrons. The van der Waals surface area contributed by atoms with Crippen molar-refractivity contribution in [2.45, 2.75) is 33.6 Å². The molecule has 0 aliphatic carbocycles. The number of benzene rings is 2. The molecule has 0 atom stereocenters. The zero-order chi connectivity index (χ0) is 28.5. The second kappa shape index (κ2) is 15.0. The maximum Gasteiger partial charge on any atom is 0.319 e. The van der Waals surface area contributed by atoms with Gasteiger partial charge < -0.3 is 29.6 Å². The number of aromatic nitrogens is 1. The number of anilines is 1. The van der Waals surface area contributed by atoms with Crippen LogP contribution in [0.1, 0.15) is 33.6 Å². The summed E-state index contributed by atoms with van der Waals surface area (Å²) in [6.45, 7) is 11.7. The Balaban J connectivity index is 0.00000462. The van der Waals surface area contributed by atoms with Crippen LogP contribution in [0.3, 0.4) is 0 Å². The lowest BCUT2D eigenvalue weighted by atomic mass is 9.92. The van der Waals surface area contributed by atoms with Crippen LogP contribution in [-0.2, 0) is 4.74 Å². The number of morpholine rings is 1. The molecule has 0 saturated carbocycles. The van der Waals surface area contributed by atoms with E-state index in [-0.39, 0.29) is 29.3 Å². The summed E-state index contributed by atoms with van der Waals surface area (Å²) in [5, 5.41) is 6.00. The topological polar surface area (TPSA) is 94.2 Å². The van der Waals surface area contributed by atoms with E-state index in [9.17, 15) is 9.18 Å². The zero-order valence-electron chi connectivity index (χ0n) is 24.1. The maximum atomic E-state index is 14.8. The van der Waals surface area contributed by atoms with E-state index in [0.29, 0.717) is 41.3 Å². The van der Waals surface area contributed by atoms with Gasteiger partial charge in [0.1, 0.15) is 17.3 Å². The molecule has 2 N–H and O–H groups in total. The molecule has 41 heavy (non-hydrogen) atoms. The van der Waals surface area contributed by atoms with Crippen molar-refractivity contribution in [1.82, 2.24) is 15.2 Å². The van der Waals surface area contributed by atoms with Gasteiger partial charge in [0.2, 0.25) is 0 Å². The largest absolute Gasteiger partial charge is 0.493 e. The number of hydrogen-bond acceptors (Lipinski definition) is 7. The first-order chi connectivity index (χ1) is 19.2. The number of nitrogens with one attached hydrogen (secondary N) is 2. The zero-order valence-corrected chi connectivity index (χ0v) is 24.9. The molecule has 3 aromatic rings. The van der Waals surface area contributed by atoms with E-state index in [1.54, 1.807) is 25.4 Å². The third-order valence-corrected chi connectivity index (χ3v) is 6.54. The van der Waals surface area contributed by atoms with Crippen LogP contribution in [0, 0.1) is 11.2 Å². The van der Waals surface area contributed by atoms with E-state index in [4.69, 9.17) is 18.9 Å². The lowest BCUT2D eigenvalue weighted by Crippen LogP contribution is -2.37. The first-order valence-electron chi connectivity index (χ1n) is 13.6. The molecule has 4 rings (SSSR count). The molecule has 0 spiro atoms. The van der Waals surface area contributed by atoms with Crippen molar-refractivity contribution in [3.8, 4) is 23.0 Å². The fourth-order valence-corrected chi connectivity index (χ4v) is 4.29. The van der Waals surface area contributed by atoms with E-state index in [1.165, 1.54) is 12.1 Å². The highest BCUT2D eigenvalue weighted by molar-refractivity contribution is 5.90. The van der Waals surface area contributed by atoms with E-state index in [0.717, 1.165) is 45.7 Å². The summed E-state index contributed by atoms with van der Waals surface area (Å²) in [4.78, 5) is 19.0. The van der Waals surface area contributed by atoms with Gasteiger partial charge >= 0.3 is 6.03 Å². The Morgan fingerprint density at radius 1 is 1.10 bits per heavy atom. The Morgan fingerprint density at radius 2 is 1.88 bits per heavy atom. The smallest absolute Gasteiger partial charge is 0.319 e. The van der Waals surface area contributed by atoms with Gasteiger partial charge in [-0.25, -0.2) is 9.18 Å². The van der Waals surface area contributed by atoms with Crippen LogP contribution in [0.5, 0.6) is 23.0 Å². The average Bonchev–Trinajstić information content (AvgIpc) is 2.92. The Hall–Kier alpha value is -3.34. The number of carbonyl (C=O) groups excluding carboxylic acids is 1. The average molecular weight is 591 g/mol. The van der Waals surface area contributed by atoms with Crippen LogP contribution >= 0.6 is 12.4 Å². The summed E-state index contributed by atoms with van der Waals surface area (Å²) in [5.74, 6) is 1.32. The summed E-state index contributed by atoms with van der Waals surface area (Å²) in [6.07, 6.45) is 3.32. The number of rotatable bonds is 11. The number of amides is 2. The monoisotopic (exact) mass is 590 g/mol. The van der Waals surface area contributed by atoms with Crippen LogP contribution in [0.4, 0.5) is 14.9 Å². The van der Waals surface area contributed by atoms with Crippen LogP contribution in [0.25, 0.3) is 10.9 Å². The molecule has 9 nitrogen and oxygen atoms in total. The summed E-state index contributed by atoms with van der Waals surface area (Å²) in [7, 11) is 1.58. The van der Waals surface area contributed by atoms with Gasteiger partial charge in [-0.2, -0.15) is 0 Å². The molecule has 0 radical (unpaired) electrons. The third-order valence-electron chi connectivity index (χ3n) is 6.54. The summed E-state index contributed by atoms with van der Waals surface area (Å²) in [6, 6.07) is 9.19. The predicted octanol–water partition coefficient (Wildman–Crippen LogP) is 6.26. The van der Waals surface area contributed by atoms with Gasteiger partial charge in [0.25, 0.3) is 0 Å². The van der Waals surface area contributed by atoms with E-state index in [2.05, 4.69) is 41.3 Å². The maximum absolute atomic E-state index is 14.8. The number of nitrogens with zero attached hydrogens (tertiary/aromatic N) is 2. The number of hydrogen-bond donors (Lipinski definition) is 2. The standard InChI is InChI=1S/C30H39FN4O5.ClH/c1-30(2,3)9-11-33-29(36)34-24-7-6-21(18-23(24)31)40-26-8-10-32-25-20-28(27(37-4)19-22(25)26)39-15-5-12-35-13-16-38-17-14-35;/h6-8,10,18-20H,5,9,11-17H2,1-4H3,(H2,33,34,36);1H. The minimum absolute atomic E-state index is 0. The highest BCUT2D eigenvalue weighted by Crippen LogP contribution is 2.37. The van der Waals surface area contributed by atoms with E-state index >= 15 is 0 Å². The van der Waals surface area contributed by atoms with Crippen molar-refractivity contribution in [2.24, 2.45) is 5.41 Å². The Morgan fingerprint density at radius 3 is 2.59 bits per heavy atom. The van der Waals surface area contributed by atoms with Crippen LogP contribution in [-0.4, -0.2) is 69.0 Å². The van der Waals surface area contributed by atoms with Gasteiger partial charge in [-0.3, -0.25) is 9.88 Å². The SMILES string of the molecule is COc1cc2c(Oc3ccc(NC(=O)NCCC(C)(C)C)c(F)c3)ccnc2cc1OCCCN1CCOCC1.Cl. The fraction of sp³-hybridized carbons (Fsp3) is 0.467. The summed E-state index contributed by atoms with van der Waals surface area (Å²) in [5.41, 5.74) is 0.820. The molecular weight excluding hydrogens is 551 g/mol. The minimum atomic E-state index is -0.604. The second-order valence-corrected chi connectivity index (χ2v) is 10.9. The van der Waals surface area contributed by atoms with Gasteiger partial charge in [0.05, 0.1) is 38.1 Å². The third kappa shape index (κ3) is 9.62. The molecule has 1 saturated heterocycles. The molecule has 1 fully saturated rings. The predicted molar refractivity (Wildman–Crippen MR) is 160 cm³/mol. The summed E-state index contributed by atoms with van der Waals surface area (Å²) < 4.78 is 37.8. The first-order valence-corrected chi connectivity index (χ1v) is 13.6. The fourth-order valence-electron chi connectivity index (χ4n) is 4.29. The van der Waals surface area contributed by atoms with Gasteiger partial charge in [-0.15, -0.1) is 12.4 Å². The molecule has 2 aromatic carbocycles. The second-order valence-electron chi connectivity index (χ2n) is 10.9. The molecule has 2 amide bonds. The molecule has 1 aliphatic heterocycles. The first kappa shape index (κ1) is 32.2. The van der Waals surface area contributed by atoms with Crippen molar-refractivity contribution < 1.29 is 28.1 Å². The number of methoxy groups -OCH3 is 1. The number of halogens is 2. The van der Waals surface area contributed by atoms with Crippen LogP contribution < -0.4 is 24.8 Å². The normalized spacial score (nSPS) is 13.8. The minimum Gasteiger partial charge on any atom is -0.493 e. The van der Waals surface area contributed by atoms with Gasteiger partial charge in [-0.1, -0.05) is 20.8 Å². The van der Waals surface area contributed by atoms with Crippen molar-refractivity contribution in [2.75, 3.05) is 58.4 Å². The lowest BCUT2D eigenvalue weighted by molar-refractivity contribution is 0.0357. The van der Waals surface area contributed by atoms with Crippen molar-refractivity contribution in [1.29, 1.82) is 0 Å². The van der Waals surface area contributed by atoms with Crippen LogP contribution in [0.2, 0.25) is 0 Å². The Kier molecular flexibility index (Phi) is 11.8. The van der Waals surface area contributed by atoms with Crippen molar-refractivity contribution in [3.63, 3.8) is 0 Å². The Labute approximate surface area is 247 Å². The van der Waals surface area contributed by atoms with Crippen molar-refractivity contribution in [3.05, 3.63) is 48.4 Å². The molecule has 11 heteroatoms. The molecule has 0 bridgehead atoms.